The Morgan fingerprint density at radius 2 is 1.15 bits per heavy atom. The summed E-state index contributed by atoms with van der Waals surface area (Å²) in [5.41, 5.74) is 1.06. The van der Waals surface area contributed by atoms with Gasteiger partial charge in [0.15, 0.2) is 0 Å². The molecule has 1 rings (SSSR count). The minimum absolute atomic E-state index is 0.0890. The number of amides is 2. The Morgan fingerprint density at radius 3 is 1.46 bits per heavy atom. The molecule has 2 unspecified atom stereocenters. The van der Waals surface area contributed by atoms with Gasteiger partial charge < -0.3 is 36.2 Å². The molecule has 2 amide bonds. The Bertz CT molecular complexity index is 623. The molecule has 0 bridgehead atoms. The molecule has 0 saturated heterocycles. The molecule has 0 aliphatic carbocycles. The summed E-state index contributed by atoms with van der Waals surface area (Å²) in [7, 11) is 0. The van der Waals surface area contributed by atoms with Crippen LogP contribution >= 0.6 is 0 Å². The monoisotopic (exact) mass is 370 g/mol. The van der Waals surface area contributed by atoms with E-state index in [4.69, 9.17) is 10.2 Å². The van der Waals surface area contributed by atoms with Crippen molar-refractivity contribution in [2.75, 3.05) is 26.3 Å². The number of hydrogen-bond donors (Lipinski definition) is 7. The highest BCUT2D eigenvalue weighted by Crippen LogP contribution is 2.32. The third-order valence-electron chi connectivity index (χ3n) is 4.08. The van der Waals surface area contributed by atoms with Crippen LogP contribution in [0.5, 0.6) is 5.75 Å². The molecule has 1 aromatic carbocycles. The number of phenolic OH excluding ortho intramolecular Hbond substituents is 1. The zero-order valence-corrected chi connectivity index (χ0v) is 15.0. The van der Waals surface area contributed by atoms with Crippen molar-refractivity contribution >= 4 is 11.8 Å². The number of benzene rings is 1. The Kier molecular flexibility index (Phi) is 7.97. The zero-order chi connectivity index (χ0) is 20.0. The lowest BCUT2D eigenvalue weighted by Crippen LogP contribution is -2.36. The van der Waals surface area contributed by atoms with Crippen molar-refractivity contribution in [1.82, 2.24) is 10.6 Å². The Morgan fingerprint density at radius 1 is 0.808 bits per heavy atom. The van der Waals surface area contributed by atoms with Crippen molar-refractivity contribution in [3.63, 3.8) is 0 Å². The molecule has 0 radical (unpaired) electrons. The van der Waals surface area contributed by atoms with Crippen molar-refractivity contribution in [3.05, 3.63) is 27.8 Å². The number of hydrogen-bond acceptors (Lipinski definition) is 7. The number of aromatic hydroxyl groups is 1. The average molecular weight is 370 g/mol. The van der Waals surface area contributed by atoms with E-state index in [1.165, 1.54) is 13.8 Å². The number of carbonyl (C=O) groups excluding carboxylic acids is 2. The van der Waals surface area contributed by atoms with Gasteiger partial charge in [0.2, 0.25) is 0 Å². The molecule has 0 saturated carbocycles. The minimum atomic E-state index is -1.12. The summed E-state index contributed by atoms with van der Waals surface area (Å²) in [4.78, 5) is 24.9. The first-order valence-corrected chi connectivity index (χ1v) is 8.12. The molecule has 26 heavy (non-hydrogen) atoms. The molecule has 0 aliphatic heterocycles. The van der Waals surface area contributed by atoms with Crippen LogP contribution < -0.4 is 10.6 Å². The molecule has 0 fully saturated rings. The van der Waals surface area contributed by atoms with Gasteiger partial charge in [-0.2, -0.15) is 0 Å². The van der Waals surface area contributed by atoms with Crippen molar-refractivity contribution in [1.29, 1.82) is 0 Å². The minimum Gasteiger partial charge on any atom is -0.507 e. The molecular weight excluding hydrogens is 344 g/mol. The third kappa shape index (κ3) is 4.92. The molecule has 0 aliphatic rings. The lowest BCUT2D eigenvalue weighted by atomic mass is 9.91. The Hall–Kier alpha value is -2.20. The van der Waals surface area contributed by atoms with Gasteiger partial charge in [0.1, 0.15) is 5.75 Å². The maximum atomic E-state index is 12.4. The maximum Gasteiger partial charge on any atom is 0.252 e. The van der Waals surface area contributed by atoms with Gasteiger partial charge in [0.25, 0.3) is 11.8 Å². The Balaban J connectivity index is 3.22. The van der Waals surface area contributed by atoms with Crippen LogP contribution in [0.25, 0.3) is 0 Å². The summed E-state index contributed by atoms with van der Waals surface area (Å²) < 4.78 is 0. The van der Waals surface area contributed by atoms with Crippen LogP contribution in [0.3, 0.4) is 0 Å². The van der Waals surface area contributed by atoms with E-state index >= 15 is 0 Å². The van der Waals surface area contributed by atoms with E-state index in [-0.39, 0.29) is 41.1 Å². The van der Waals surface area contributed by atoms with Gasteiger partial charge in [0, 0.05) is 35.3 Å². The van der Waals surface area contributed by atoms with Crippen LogP contribution in [-0.4, -0.2) is 75.9 Å². The molecule has 2 atom stereocenters. The number of aliphatic hydroxyl groups excluding tert-OH is 4. The standard InChI is InChI=1S/C17H26N2O7/c1-8-13(16(25)18-4-11(22)6-20)9(2)15(24)10(3)14(8)17(26)19-5-12(23)7-21/h11-12,20-24H,4-7H2,1-3H3,(H,18,25)(H,19,26). The molecule has 7 N–H and O–H groups in total. The highest BCUT2D eigenvalue weighted by atomic mass is 16.3. The third-order valence-corrected chi connectivity index (χ3v) is 4.08. The van der Waals surface area contributed by atoms with Gasteiger partial charge in [-0.1, -0.05) is 0 Å². The highest BCUT2D eigenvalue weighted by Gasteiger charge is 2.25. The van der Waals surface area contributed by atoms with E-state index < -0.39 is 37.2 Å². The molecule has 9 nitrogen and oxygen atoms in total. The largest absolute Gasteiger partial charge is 0.507 e. The number of aliphatic hydroxyl groups is 4. The van der Waals surface area contributed by atoms with Gasteiger partial charge in [-0.05, 0) is 26.3 Å². The van der Waals surface area contributed by atoms with Gasteiger partial charge >= 0.3 is 0 Å². The van der Waals surface area contributed by atoms with Crippen LogP contribution in [0.15, 0.2) is 0 Å². The number of phenols is 1. The number of carbonyl (C=O) groups is 2. The van der Waals surface area contributed by atoms with Gasteiger partial charge in [-0.25, -0.2) is 0 Å². The fraction of sp³-hybridized carbons (Fsp3) is 0.529. The van der Waals surface area contributed by atoms with Crippen molar-refractivity contribution in [2.45, 2.75) is 33.0 Å². The molecule has 1 aromatic rings. The molecule has 9 heteroatoms. The van der Waals surface area contributed by atoms with E-state index in [1.807, 2.05) is 0 Å². The highest BCUT2D eigenvalue weighted by molar-refractivity contribution is 6.05. The first-order valence-electron chi connectivity index (χ1n) is 8.12. The summed E-state index contributed by atoms with van der Waals surface area (Å²) in [5.74, 6) is -1.42. The number of rotatable bonds is 8. The molecule has 146 valence electrons. The molecular formula is C17H26N2O7. The second-order valence-electron chi connectivity index (χ2n) is 6.07. The second-order valence-corrected chi connectivity index (χ2v) is 6.07. The van der Waals surface area contributed by atoms with E-state index in [2.05, 4.69) is 10.6 Å². The quantitative estimate of drug-likeness (QED) is 0.293. The maximum absolute atomic E-state index is 12.4. The smallest absolute Gasteiger partial charge is 0.252 e. The molecule has 0 heterocycles. The number of nitrogens with one attached hydrogen (secondary N) is 2. The summed E-state index contributed by atoms with van der Waals surface area (Å²) in [5, 5.41) is 51.5. The van der Waals surface area contributed by atoms with E-state index in [0.717, 1.165) is 0 Å². The summed E-state index contributed by atoms with van der Waals surface area (Å²) in [6.45, 7) is 3.21. The van der Waals surface area contributed by atoms with Gasteiger partial charge in [-0.3, -0.25) is 9.59 Å². The fourth-order valence-corrected chi connectivity index (χ4v) is 2.61. The molecule has 0 aromatic heterocycles. The van der Waals surface area contributed by atoms with Crippen molar-refractivity contribution in [3.8, 4) is 5.75 Å². The van der Waals surface area contributed by atoms with E-state index in [9.17, 15) is 24.9 Å². The predicted octanol–water partition coefficient (Wildman–Crippen LogP) is -1.52. The van der Waals surface area contributed by atoms with Crippen molar-refractivity contribution in [2.24, 2.45) is 0 Å². The van der Waals surface area contributed by atoms with Crippen LogP contribution in [0.2, 0.25) is 0 Å². The summed E-state index contributed by atoms with van der Waals surface area (Å²) in [6, 6.07) is 0. The first kappa shape index (κ1) is 21.8. The first-order chi connectivity index (χ1) is 12.1. The summed E-state index contributed by atoms with van der Waals surface area (Å²) >= 11 is 0. The fourth-order valence-electron chi connectivity index (χ4n) is 2.61. The van der Waals surface area contributed by atoms with Crippen LogP contribution in [0, 0.1) is 20.8 Å². The SMILES string of the molecule is Cc1c(O)c(C)c(C(=O)NCC(O)CO)c(C)c1C(=O)NCC(O)CO. The lowest BCUT2D eigenvalue weighted by Gasteiger charge is -2.19. The van der Waals surface area contributed by atoms with E-state index in [1.54, 1.807) is 6.92 Å². The van der Waals surface area contributed by atoms with Crippen LogP contribution in [0.4, 0.5) is 0 Å². The topological polar surface area (TPSA) is 159 Å². The second kappa shape index (κ2) is 9.48. The zero-order valence-electron chi connectivity index (χ0n) is 15.0. The van der Waals surface area contributed by atoms with E-state index in [0.29, 0.717) is 5.56 Å². The van der Waals surface area contributed by atoms with Crippen molar-refractivity contribution < 1.29 is 35.1 Å². The van der Waals surface area contributed by atoms with Crippen LogP contribution in [0.1, 0.15) is 37.4 Å². The average Bonchev–Trinajstić information content (AvgIpc) is 2.62. The van der Waals surface area contributed by atoms with Gasteiger partial charge in [0.05, 0.1) is 25.4 Å². The lowest BCUT2D eigenvalue weighted by molar-refractivity contribution is 0.0798. The molecule has 0 spiro atoms. The summed E-state index contributed by atoms with van der Waals surface area (Å²) in [6.07, 6.45) is -2.25. The normalized spacial score (nSPS) is 13.2. The van der Waals surface area contributed by atoms with Gasteiger partial charge in [-0.15, -0.1) is 0 Å². The Labute approximate surface area is 151 Å². The predicted molar refractivity (Wildman–Crippen MR) is 93.2 cm³/mol. The van der Waals surface area contributed by atoms with Crippen LogP contribution in [-0.2, 0) is 0 Å².